The molecule has 28 heavy (non-hydrogen) atoms. The van der Waals surface area contributed by atoms with Crippen molar-refractivity contribution in [2.45, 2.75) is 17.3 Å². The summed E-state index contributed by atoms with van der Waals surface area (Å²) in [7, 11) is 0. The number of amides is 1. The van der Waals surface area contributed by atoms with E-state index in [1.807, 2.05) is 66.0 Å². The van der Waals surface area contributed by atoms with E-state index in [1.165, 1.54) is 23.1 Å². The molecule has 4 aromatic rings. The zero-order valence-electron chi connectivity index (χ0n) is 14.7. The lowest BCUT2D eigenvalue weighted by atomic mass is 10.3. The highest BCUT2D eigenvalue weighted by atomic mass is 32.2. The van der Waals surface area contributed by atoms with Gasteiger partial charge in [0.05, 0.1) is 17.8 Å². The van der Waals surface area contributed by atoms with Crippen molar-refractivity contribution in [3.8, 4) is 5.69 Å². The molecule has 0 aliphatic carbocycles. The van der Waals surface area contributed by atoms with Crippen LogP contribution in [0.5, 0.6) is 0 Å². The summed E-state index contributed by atoms with van der Waals surface area (Å²) in [5.74, 6) is 0.553. The smallest absolute Gasteiger partial charge is 0.231 e. The maximum absolute atomic E-state index is 12.2. The summed E-state index contributed by atoms with van der Waals surface area (Å²) in [4.78, 5) is 16.7. The highest BCUT2D eigenvalue weighted by Crippen LogP contribution is 2.23. The van der Waals surface area contributed by atoms with Gasteiger partial charge >= 0.3 is 0 Å². The number of carbonyl (C=O) groups is 1. The Kier molecular flexibility index (Phi) is 5.74. The van der Waals surface area contributed by atoms with Gasteiger partial charge < -0.3 is 5.32 Å². The quantitative estimate of drug-likeness (QED) is 0.470. The van der Waals surface area contributed by atoms with Crippen LogP contribution in [-0.4, -0.2) is 31.1 Å². The molecule has 0 atom stereocenters. The number of anilines is 1. The molecule has 0 aliphatic rings. The molecule has 2 aromatic carbocycles. The van der Waals surface area contributed by atoms with Crippen LogP contribution in [0.3, 0.4) is 0 Å². The zero-order chi connectivity index (χ0) is 19.2. The van der Waals surface area contributed by atoms with Crippen LogP contribution in [0.25, 0.3) is 5.69 Å². The molecule has 1 N–H and O–H groups in total. The van der Waals surface area contributed by atoms with E-state index in [0.717, 1.165) is 22.1 Å². The van der Waals surface area contributed by atoms with E-state index < -0.39 is 0 Å². The summed E-state index contributed by atoms with van der Waals surface area (Å²) >= 11 is 2.99. The Morgan fingerprint density at radius 2 is 1.82 bits per heavy atom. The Bertz CT molecular complexity index is 1050. The van der Waals surface area contributed by atoms with Crippen molar-refractivity contribution in [2.24, 2.45) is 0 Å². The van der Waals surface area contributed by atoms with Crippen LogP contribution in [0.4, 0.5) is 5.69 Å². The van der Waals surface area contributed by atoms with Gasteiger partial charge in [0.25, 0.3) is 0 Å². The van der Waals surface area contributed by atoms with Gasteiger partial charge in [0, 0.05) is 16.8 Å². The van der Waals surface area contributed by atoms with Crippen LogP contribution < -0.4 is 5.32 Å². The minimum Gasteiger partial charge on any atom is -0.326 e. The number of tetrazole rings is 1. The number of hydrogen-bond donors (Lipinski definition) is 1. The Hall–Kier alpha value is -3.04. The minimum absolute atomic E-state index is 0.0761. The first kappa shape index (κ1) is 18.3. The molecule has 4 rings (SSSR count). The SMILES string of the molecule is O=C(Cc1nc(CSc2nnnn2-c2ccccc2)cs1)Nc1ccccc1. The topological polar surface area (TPSA) is 85.6 Å². The normalized spacial score (nSPS) is 10.7. The van der Waals surface area contributed by atoms with Gasteiger partial charge in [-0.15, -0.1) is 16.4 Å². The Morgan fingerprint density at radius 1 is 1.07 bits per heavy atom. The van der Waals surface area contributed by atoms with Crippen molar-refractivity contribution >= 4 is 34.7 Å². The average molecular weight is 409 g/mol. The summed E-state index contributed by atoms with van der Waals surface area (Å²) in [6.07, 6.45) is 0.256. The van der Waals surface area contributed by atoms with E-state index >= 15 is 0 Å². The molecule has 0 aliphatic heterocycles. The molecule has 2 aromatic heterocycles. The van der Waals surface area contributed by atoms with Crippen molar-refractivity contribution in [3.05, 3.63) is 76.7 Å². The molecule has 2 heterocycles. The van der Waals surface area contributed by atoms with Crippen LogP contribution in [0, 0.1) is 0 Å². The Labute approximate surface area is 169 Å². The van der Waals surface area contributed by atoms with Crippen molar-refractivity contribution in [1.82, 2.24) is 25.2 Å². The number of para-hydroxylation sites is 2. The summed E-state index contributed by atoms with van der Waals surface area (Å²) in [6.45, 7) is 0. The number of aromatic nitrogens is 5. The fourth-order valence-electron chi connectivity index (χ4n) is 2.50. The number of rotatable bonds is 7. The molecule has 9 heteroatoms. The number of nitrogens with zero attached hydrogens (tertiary/aromatic N) is 5. The highest BCUT2D eigenvalue weighted by molar-refractivity contribution is 7.98. The van der Waals surface area contributed by atoms with Crippen molar-refractivity contribution in [1.29, 1.82) is 0 Å². The molecule has 0 fully saturated rings. The summed E-state index contributed by atoms with van der Waals surface area (Å²) in [6, 6.07) is 19.1. The van der Waals surface area contributed by atoms with Crippen molar-refractivity contribution in [2.75, 3.05) is 5.32 Å². The second-order valence-corrected chi connectivity index (χ2v) is 7.71. The predicted molar refractivity (Wildman–Crippen MR) is 110 cm³/mol. The lowest BCUT2D eigenvalue weighted by molar-refractivity contribution is -0.115. The highest BCUT2D eigenvalue weighted by Gasteiger charge is 2.12. The molecule has 0 saturated heterocycles. The summed E-state index contributed by atoms with van der Waals surface area (Å²) in [5, 5.41) is 18.2. The van der Waals surface area contributed by atoms with E-state index in [4.69, 9.17) is 0 Å². The van der Waals surface area contributed by atoms with Gasteiger partial charge in [-0.25, -0.2) is 4.98 Å². The Morgan fingerprint density at radius 3 is 2.61 bits per heavy atom. The summed E-state index contributed by atoms with van der Waals surface area (Å²) < 4.78 is 1.70. The van der Waals surface area contributed by atoms with Gasteiger partial charge in [0.2, 0.25) is 11.1 Å². The summed E-state index contributed by atoms with van der Waals surface area (Å²) in [5.41, 5.74) is 2.60. The Balaban J connectivity index is 1.35. The maximum Gasteiger partial charge on any atom is 0.231 e. The van der Waals surface area contributed by atoms with Gasteiger partial charge in [-0.3, -0.25) is 4.79 Å². The first-order valence-corrected chi connectivity index (χ1v) is 10.4. The fourth-order valence-corrected chi connectivity index (χ4v) is 4.18. The van der Waals surface area contributed by atoms with E-state index in [2.05, 4.69) is 25.8 Å². The number of carbonyl (C=O) groups excluding carboxylic acids is 1. The molecular weight excluding hydrogens is 392 g/mol. The first-order chi connectivity index (χ1) is 13.8. The van der Waals surface area contributed by atoms with E-state index in [9.17, 15) is 4.79 Å². The van der Waals surface area contributed by atoms with Crippen LogP contribution >= 0.6 is 23.1 Å². The molecule has 0 saturated carbocycles. The molecule has 0 radical (unpaired) electrons. The standard InChI is InChI=1S/C19H16N6OS2/c26-17(20-14-7-3-1-4-8-14)11-18-21-15(12-27-18)13-28-19-22-23-24-25(19)16-9-5-2-6-10-16/h1-10,12H,11,13H2,(H,20,26). The number of hydrogen-bond acceptors (Lipinski definition) is 7. The molecule has 0 unspecified atom stereocenters. The van der Waals surface area contributed by atoms with E-state index in [0.29, 0.717) is 10.9 Å². The first-order valence-electron chi connectivity index (χ1n) is 8.53. The van der Waals surface area contributed by atoms with Crippen LogP contribution in [0.1, 0.15) is 10.7 Å². The third kappa shape index (κ3) is 4.62. The second kappa shape index (κ2) is 8.77. The molecule has 1 amide bonds. The third-order valence-corrected chi connectivity index (χ3v) is 5.61. The number of thiazole rings is 1. The van der Waals surface area contributed by atoms with Gasteiger partial charge in [0.1, 0.15) is 5.01 Å². The molecule has 0 spiro atoms. The number of benzene rings is 2. The van der Waals surface area contributed by atoms with Gasteiger partial charge in [0.15, 0.2) is 0 Å². The minimum atomic E-state index is -0.0761. The van der Waals surface area contributed by atoms with Crippen LogP contribution in [0.15, 0.2) is 71.2 Å². The van der Waals surface area contributed by atoms with Crippen molar-refractivity contribution < 1.29 is 4.79 Å². The monoisotopic (exact) mass is 408 g/mol. The number of nitrogens with one attached hydrogen (secondary N) is 1. The van der Waals surface area contributed by atoms with Crippen LogP contribution in [0.2, 0.25) is 0 Å². The second-order valence-electron chi connectivity index (χ2n) is 5.82. The van der Waals surface area contributed by atoms with Crippen LogP contribution in [-0.2, 0) is 17.0 Å². The maximum atomic E-state index is 12.2. The lowest BCUT2D eigenvalue weighted by Gasteiger charge is -2.03. The number of thioether (sulfide) groups is 1. The van der Waals surface area contributed by atoms with Gasteiger partial charge in [-0.1, -0.05) is 48.2 Å². The lowest BCUT2D eigenvalue weighted by Crippen LogP contribution is -2.14. The predicted octanol–water partition coefficient (Wildman–Crippen LogP) is 3.59. The van der Waals surface area contributed by atoms with Gasteiger partial charge in [-0.2, -0.15) is 4.68 Å². The van der Waals surface area contributed by atoms with Crippen molar-refractivity contribution in [3.63, 3.8) is 0 Å². The molecular formula is C19H16N6OS2. The van der Waals surface area contributed by atoms with E-state index in [1.54, 1.807) is 4.68 Å². The molecule has 140 valence electrons. The molecule has 0 bridgehead atoms. The fraction of sp³-hybridized carbons (Fsp3) is 0.105. The zero-order valence-corrected chi connectivity index (χ0v) is 16.4. The van der Waals surface area contributed by atoms with E-state index in [-0.39, 0.29) is 12.3 Å². The average Bonchev–Trinajstić information content (AvgIpc) is 3.37. The largest absolute Gasteiger partial charge is 0.326 e. The molecule has 7 nitrogen and oxygen atoms in total. The third-order valence-electron chi connectivity index (χ3n) is 3.76. The van der Waals surface area contributed by atoms with Gasteiger partial charge in [-0.05, 0) is 34.7 Å².